The molecule has 3 rings (SSSR count). The Labute approximate surface area is 123 Å². The number of rotatable bonds is 5. The number of β-amino-alcohol motifs (C(OH)–C–C–N with tert-alkyl or cyclic N) is 1. The summed E-state index contributed by atoms with van der Waals surface area (Å²) in [6, 6.07) is 17.4. The van der Waals surface area contributed by atoms with Crippen LogP contribution in [-0.4, -0.2) is 36.3 Å². The standard InChI is InChI=1S/C16H17N3O2/c20-11-10-18-12-17-13-19(18)15-8-4-5-9-16(15)21-14-6-2-1-3-7-14/h1-9,13,20H,10-12H2. The zero-order chi connectivity index (χ0) is 14.5. The first-order valence-electron chi connectivity index (χ1n) is 6.85. The number of benzene rings is 2. The van der Waals surface area contributed by atoms with E-state index in [-0.39, 0.29) is 6.61 Å². The minimum absolute atomic E-state index is 0.0849. The maximum atomic E-state index is 9.14. The van der Waals surface area contributed by atoms with E-state index in [1.165, 1.54) is 0 Å². The molecule has 2 aromatic carbocycles. The molecule has 0 fully saturated rings. The molecule has 1 aliphatic rings. The van der Waals surface area contributed by atoms with Crippen molar-refractivity contribution in [3.63, 3.8) is 0 Å². The van der Waals surface area contributed by atoms with Gasteiger partial charge >= 0.3 is 0 Å². The number of hydrogen-bond donors (Lipinski definition) is 1. The Morgan fingerprint density at radius 1 is 1.05 bits per heavy atom. The summed E-state index contributed by atoms with van der Waals surface area (Å²) >= 11 is 0. The fourth-order valence-electron chi connectivity index (χ4n) is 2.21. The highest BCUT2D eigenvalue weighted by Gasteiger charge is 2.21. The van der Waals surface area contributed by atoms with Crippen LogP contribution < -0.4 is 9.75 Å². The van der Waals surface area contributed by atoms with Crippen LogP contribution >= 0.6 is 0 Å². The fourth-order valence-corrected chi connectivity index (χ4v) is 2.21. The van der Waals surface area contributed by atoms with Crippen LogP contribution in [0.15, 0.2) is 59.6 Å². The molecule has 5 nitrogen and oxygen atoms in total. The number of nitrogens with zero attached hydrogens (tertiary/aromatic N) is 3. The predicted molar refractivity (Wildman–Crippen MR) is 82.6 cm³/mol. The van der Waals surface area contributed by atoms with Crippen molar-refractivity contribution in [1.82, 2.24) is 5.01 Å². The molecule has 0 spiro atoms. The number of para-hydroxylation sites is 3. The molecule has 1 N–H and O–H groups in total. The summed E-state index contributed by atoms with van der Waals surface area (Å²) in [6.07, 6.45) is 1.75. The van der Waals surface area contributed by atoms with E-state index in [0.717, 1.165) is 17.2 Å². The first kappa shape index (κ1) is 13.6. The number of aliphatic imine (C=N–C) groups is 1. The molecule has 0 saturated carbocycles. The van der Waals surface area contributed by atoms with Crippen LogP contribution in [0.5, 0.6) is 11.5 Å². The average Bonchev–Trinajstić information content (AvgIpc) is 2.97. The fraction of sp³-hybridized carbons (Fsp3) is 0.188. The molecule has 1 aliphatic heterocycles. The SMILES string of the molecule is OCCN1CN=CN1c1ccccc1Oc1ccccc1. The Morgan fingerprint density at radius 2 is 1.81 bits per heavy atom. The van der Waals surface area contributed by atoms with Gasteiger partial charge < -0.3 is 9.84 Å². The lowest BCUT2D eigenvalue weighted by atomic mass is 10.3. The van der Waals surface area contributed by atoms with Gasteiger partial charge in [0.1, 0.15) is 24.4 Å². The second kappa shape index (κ2) is 6.39. The molecule has 0 saturated heterocycles. The summed E-state index contributed by atoms with van der Waals surface area (Å²) in [4.78, 5) is 4.25. The molecule has 1 heterocycles. The van der Waals surface area contributed by atoms with Crippen LogP contribution in [0.3, 0.4) is 0 Å². The van der Waals surface area contributed by atoms with E-state index >= 15 is 0 Å². The number of hydrogen-bond acceptors (Lipinski definition) is 5. The molecule has 5 heteroatoms. The highest BCUT2D eigenvalue weighted by atomic mass is 16.5. The lowest BCUT2D eigenvalue weighted by Crippen LogP contribution is -2.39. The Balaban J connectivity index is 1.87. The van der Waals surface area contributed by atoms with Crippen LogP contribution in [0.2, 0.25) is 0 Å². The largest absolute Gasteiger partial charge is 0.455 e. The quantitative estimate of drug-likeness (QED) is 0.916. The zero-order valence-corrected chi connectivity index (χ0v) is 11.6. The second-order valence-corrected chi connectivity index (χ2v) is 4.62. The van der Waals surface area contributed by atoms with Crippen molar-refractivity contribution in [1.29, 1.82) is 0 Å². The zero-order valence-electron chi connectivity index (χ0n) is 11.6. The third kappa shape index (κ3) is 3.04. The van der Waals surface area contributed by atoms with Gasteiger partial charge in [0, 0.05) is 6.54 Å². The van der Waals surface area contributed by atoms with Crippen molar-refractivity contribution in [2.45, 2.75) is 0 Å². The predicted octanol–water partition coefficient (Wildman–Crippen LogP) is 2.49. The van der Waals surface area contributed by atoms with Crippen molar-refractivity contribution in [2.24, 2.45) is 4.99 Å². The summed E-state index contributed by atoms with van der Waals surface area (Å²) in [7, 11) is 0. The molecule has 0 aromatic heterocycles. The van der Waals surface area contributed by atoms with Crippen LogP contribution in [0.1, 0.15) is 0 Å². The van der Waals surface area contributed by atoms with E-state index in [1.807, 2.05) is 64.6 Å². The van der Waals surface area contributed by atoms with Crippen molar-refractivity contribution in [2.75, 3.05) is 24.8 Å². The van der Waals surface area contributed by atoms with E-state index in [4.69, 9.17) is 9.84 Å². The number of aliphatic hydroxyl groups is 1. The Kier molecular flexibility index (Phi) is 4.14. The van der Waals surface area contributed by atoms with Gasteiger partial charge in [0.15, 0.2) is 5.75 Å². The minimum Gasteiger partial charge on any atom is -0.455 e. The highest BCUT2D eigenvalue weighted by Crippen LogP contribution is 2.33. The molecule has 108 valence electrons. The Morgan fingerprint density at radius 3 is 2.62 bits per heavy atom. The van der Waals surface area contributed by atoms with Crippen LogP contribution in [-0.2, 0) is 0 Å². The van der Waals surface area contributed by atoms with Crippen LogP contribution in [0.25, 0.3) is 0 Å². The van der Waals surface area contributed by atoms with Crippen LogP contribution in [0.4, 0.5) is 5.69 Å². The third-order valence-electron chi connectivity index (χ3n) is 3.18. The van der Waals surface area contributed by atoms with Gasteiger partial charge in [-0.15, -0.1) is 0 Å². The molecular formula is C16H17N3O2. The van der Waals surface area contributed by atoms with Crippen LogP contribution in [0, 0.1) is 0 Å². The van der Waals surface area contributed by atoms with E-state index in [2.05, 4.69) is 4.99 Å². The smallest absolute Gasteiger partial charge is 0.152 e. The summed E-state index contributed by atoms with van der Waals surface area (Å²) < 4.78 is 5.96. The summed E-state index contributed by atoms with van der Waals surface area (Å²) in [5, 5.41) is 13.0. The maximum absolute atomic E-state index is 9.14. The number of hydrazine groups is 1. The maximum Gasteiger partial charge on any atom is 0.152 e. The first-order chi connectivity index (χ1) is 10.4. The van der Waals surface area contributed by atoms with Gasteiger partial charge in [-0.25, -0.2) is 0 Å². The number of ether oxygens (including phenoxy) is 1. The monoisotopic (exact) mass is 283 g/mol. The number of aliphatic hydroxyl groups excluding tert-OH is 1. The summed E-state index contributed by atoms with van der Waals surface area (Å²) in [6.45, 7) is 1.15. The molecule has 0 aliphatic carbocycles. The molecule has 0 amide bonds. The Hall–Kier alpha value is -2.37. The molecule has 21 heavy (non-hydrogen) atoms. The van der Waals surface area contributed by atoms with Gasteiger partial charge in [0.05, 0.1) is 6.61 Å². The molecule has 0 unspecified atom stereocenters. The first-order valence-corrected chi connectivity index (χ1v) is 6.85. The van der Waals surface area contributed by atoms with Crippen molar-refractivity contribution in [3.05, 3.63) is 54.6 Å². The van der Waals surface area contributed by atoms with Crippen molar-refractivity contribution >= 4 is 12.0 Å². The minimum atomic E-state index is 0.0849. The van der Waals surface area contributed by atoms with Gasteiger partial charge in [-0.2, -0.15) is 5.01 Å². The van der Waals surface area contributed by atoms with E-state index < -0.39 is 0 Å². The summed E-state index contributed by atoms with van der Waals surface area (Å²) in [5.41, 5.74) is 0.899. The van der Waals surface area contributed by atoms with E-state index in [1.54, 1.807) is 6.34 Å². The van der Waals surface area contributed by atoms with E-state index in [9.17, 15) is 0 Å². The molecule has 0 bridgehead atoms. The third-order valence-corrected chi connectivity index (χ3v) is 3.18. The van der Waals surface area contributed by atoms with Crippen molar-refractivity contribution in [3.8, 4) is 11.5 Å². The van der Waals surface area contributed by atoms with Gasteiger partial charge in [0.2, 0.25) is 0 Å². The van der Waals surface area contributed by atoms with Gasteiger partial charge in [0.25, 0.3) is 0 Å². The topological polar surface area (TPSA) is 48.3 Å². The second-order valence-electron chi connectivity index (χ2n) is 4.62. The van der Waals surface area contributed by atoms with Crippen molar-refractivity contribution < 1.29 is 9.84 Å². The van der Waals surface area contributed by atoms with E-state index in [0.29, 0.717) is 13.2 Å². The highest BCUT2D eigenvalue weighted by molar-refractivity contribution is 5.82. The van der Waals surface area contributed by atoms with Gasteiger partial charge in [-0.1, -0.05) is 30.3 Å². The molecule has 2 aromatic rings. The average molecular weight is 283 g/mol. The lowest BCUT2D eigenvalue weighted by molar-refractivity contribution is 0.212. The van der Waals surface area contributed by atoms with Gasteiger partial charge in [-0.05, 0) is 24.3 Å². The number of anilines is 1. The lowest BCUT2D eigenvalue weighted by Gasteiger charge is -2.27. The molecule has 0 radical (unpaired) electrons. The summed E-state index contributed by atoms with van der Waals surface area (Å²) in [5.74, 6) is 1.54. The van der Waals surface area contributed by atoms with Gasteiger partial charge in [-0.3, -0.25) is 10.0 Å². The normalized spacial score (nSPS) is 14.6. The Bertz CT molecular complexity index is 616. The molecular weight excluding hydrogens is 266 g/mol. The molecule has 0 atom stereocenters.